The monoisotopic (exact) mass is 291 g/mol. The molecule has 0 aliphatic carbocycles. The summed E-state index contributed by atoms with van der Waals surface area (Å²) in [5.74, 6) is 0. The molecule has 2 atom stereocenters. The van der Waals surface area contributed by atoms with Crippen molar-refractivity contribution in [2.24, 2.45) is 0 Å². The summed E-state index contributed by atoms with van der Waals surface area (Å²) in [5.41, 5.74) is 8.37. The zero-order chi connectivity index (χ0) is 15.6. The highest BCUT2D eigenvalue weighted by Crippen LogP contribution is 2.33. The molecule has 1 fully saturated rings. The van der Waals surface area contributed by atoms with Crippen LogP contribution in [0.3, 0.4) is 0 Å². The Morgan fingerprint density at radius 3 is 2.00 bits per heavy atom. The highest BCUT2D eigenvalue weighted by atomic mass is 16.6. The fourth-order valence-electron chi connectivity index (χ4n) is 3.33. The molecule has 1 aliphatic heterocycles. The number of ether oxygens (including phenoxy) is 2. The van der Waals surface area contributed by atoms with Gasteiger partial charge in [-0.1, -0.05) is 6.92 Å². The third-order valence-electron chi connectivity index (χ3n) is 5.01. The summed E-state index contributed by atoms with van der Waals surface area (Å²) >= 11 is 0. The molecule has 0 saturated carbocycles. The van der Waals surface area contributed by atoms with Crippen molar-refractivity contribution in [3.63, 3.8) is 0 Å². The largest absolute Gasteiger partial charge is 0.376 e. The van der Waals surface area contributed by atoms with Crippen molar-refractivity contribution in [3.05, 3.63) is 33.4 Å². The van der Waals surface area contributed by atoms with Gasteiger partial charge in [-0.05, 0) is 74.5 Å². The Morgan fingerprint density at radius 2 is 1.52 bits per heavy atom. The van der Waals surface area contributed by atoms with Crippen LogP contribution in [0, 0.1) is 34.6 Å². The third-order valence-corrected chi connectivity index (χ3v) is 5.01. The molecule has 21 heavy (non-hydrogen) atoms. The lowest BCUT2D eigenvalue weighted by Crippen LogP contribution is -2.41. The molecule has 1 N–H and O–H groups in total. The zero-order valence-electron chi connectivity index (χ0n) is 14.3. The zero-order valence-corrected chi connectivity index (χ0v) is 14.3. The molecule has 1 aromatic carbocycles. The molecule has 1 aromatic rings. The SMILES string of the molecule is CCNC(c1c(C)c(C)c(C)c(C)c1C)C1COCCO1. The number of nitrogens with one attached hydrogen (secondary N) is 1. The summed E-state index contributed by atoms with van der Waals surface area (Å²) in [7, 11) is 0. The summed E-state index contributed by atoms with van der Waals surface area (Å²) < 4.78 is 11.6. The molecule has 0 radical (unpaired) electrons. The van der Waals surface area contributed by atoms with Gasteiger partial charge in [0.1, 0.15) is 6.10 Å². The minimum Gasteiger partial charge on any atom is -0.376 e. The molecule has 3 nitrogen and oxygen atoms in total. The van der Waals surface area contributed by atoms with E-state index in [-0.39, 0.29) is 12.1 Å². The quantitative estimate of drug-likeness (QED) is 0.923. The Kier molecular flexibility index (Phi) is 5.42. The van der Waals surface area contributed by atoms with E-state index in [9.17, 15) is 0 Å². The lowest BCUT2D eigenvalue weighted by atomic mass is 9.84. The first-order valence-electron chi connectivity index (χ1n) is 7.98. The van der Waals surface area contributed by atoms with E-state index in [4.69, 9.17) is 9.47 Å². The fraction of sp³-hybridized carbons (Fsp3) is 0.667. The van der Waals surface area contributed by atoms with Crippen LogP contribution >= 0.6 is 0 Å². The maximum Gasteiger partial charge on any atom is 0.100 e. The van der Waals surface area contributed by atoms with Crippen molar-refractivity contribution >= 4 is 0 Å². The van der Waals surface area contributed by atoms with Crippen LogP contribution in [0.1, 0.15) is 46.3 Å². The minimum absolute atomic E-state index is 0.0950. The predicted molar refractivity (Wildman–Crippen MR) is 87.1 cm³/mol. The minimum atomic E-state index is 0.0950. The van der Waals surface area contributed by atoms with Gasteiger partial charge >= 0.3 is 0 Å². The molecule has 2 unspecified atom stereocenters. The standard InChI is InChI=1S/C18H29NO2/c1-7-19-18(16-10-20-8-9-21-16)17-14(5)12(3)11(2)13(4)15(17)6/h16,18-19H,7-10H2,1-6H3. The first-order valence-corrected chi connectivity index (χ1v) is 7.98. The molecule has 0 aromatic heterocycles. The number of hydrogen-bond donors (Lipinski definition) is 1. The van der Waals surface area contributed by atoms with Crippen LogP contribution in [0.2, 0.25) is 0 Å². The average molecular weight is 291 g/mol. The van der Waals surface area contributed by atoms with Gasteiger partial charge < -0.3 is 14.8 Å². The van der Waals surface area contributed by atoms with E-state index in [0.717, 1.165) is 6.54 Å². The van der Waals surface area contributed by atoms with Gasteiger partial charge in [-0.15, -0.1) is 0 Å². The second kappa shape index (κ2) is 6.91. The van der Waals surface area contributed by atoms with Crippen LogP contribution in [-0.2, 0) is 9.47 Å². The Hall–Kier alpha value is -0.900. The normalized spacial score (nSPS) is 20.6. The van der Waals surface area contributed by atoms with Crippen molar-refractivity contribution in [2.45, 2.75) is 53.7 Å². The Labute approximate surface area is 129 Å². The summed E-state index contributed by atoms with van der Waals surface area (Å²) in [5, 5.41) is 3.62. The maximum absolute atomic E-state index is 5.98. The maximum atomic E-state index is 5.98. The highest BCUT2D eigenvalue weighted by molar-refractivity contribution is 5.51. The first-order chi connectivity index (χ1) is 9.99. The lowest BCUT2D eigenvalue weighted by molar-refractivity contribution is -0.102. The second-order valence-corrected chi connectivity index (χ2v) is 6.06. The lowest BCUT2D eigenvalue weighted by Gasteiger charge is -2.34. The van der Waals surface area contributed by atoms with E-state index in [2.05, 4.69) is 46.9 Å². The van der Waals surface area contributed by atoms with E-state index in [1.807, 2.05) is 0 Å². The van der Waals surface area contributed by atoms with E-state index >= 15 is 0 Å². The fourth-order valence-corrected chi connectivity index (χ4v) is 3.33. The molecule has 0 amide bonds. The summed E-state index contributed by atoms with van der Waals surface area (Å²) in [6, 6.07) is 0.202. The van der Waals surface area contributed by atoms with Crippen molar-refractivity contribution in [1.29, 1.82) is 0 Å². The topological polar surface area (TPSA) is 30.5 Å². The van der Waals surface area contributed by atoms with Crippen LogP contribution in [0.4, 0.5) is 0 Å². The van der Waals surface area contributed by atoms with Crippen LogP contribution in [-0.4, -0.2) is 32.5 Å². The van der Waals surface area contributed by atoms with Gasteiger partial charge in [0, 0.05) is 0 Å². The average Bonchev–Trinajstić information content (AvgIpc) is 2.51. The van der Waals surface area contributed by atoms with Gasteiger partial charge in [-0.2, -0.15) is 0 Å². The van der Waals surface area contributed by atoms with Gasteiger partial charge in [0.25, 0.3) is 0 Å². The highest BCUT2D eigenvalue weighted by Gasteiger charge is 2.29. The van der Waals surface area contributed by atoms with Crippen LogP contribution in [0.5, 0.6) is 0 Å². The van der Waals surface area contributed by atoms with Crippen LogP contribution in [0.25, 0.3) is 0 Å². The molecule has 0 spiro atoms. The second-order valence-electron chi connectivity index (χ2n) is 6.06. The molecule has 118 valence electrons. The van der Waals surface area contributed by atoms with E-state index in [1.165, 1.54) is 33.4 Å². The molecule has 0 bridgehead atoms. The molecular formula is C18H29NO2. The first kappa shape index (κ1) is 16.5. The van der Waals surface area contributed by atoms with E-state index < -0.39 is 0 Å². The number of likely N-dealkylation sites (N-methyl/N-ethyl adjacent to an activating group) is 1. The summed E-state index contributed by atoms with van der Waals surface area (Å²) in [6.07, 6.45) is 0.0950. The Morgan fingerprint density at radius 1 is 0.952 bits per heavy atom. The predicted octanol–water partition coefficient (Wildman–Crippen LogP) is 3.29. The molecule has 1 heterocycles. The Bertz CT molecular complexity index is 475. The number of hydrogen-bond acceptors (Lipinski definition) is 3. The van der Waals surface area contributed by atoms with Crippen LogP contribution in [0.15, 0.2) is 0 Å². The summed E-state index contributed by atoms with van der Waals surface area (Å²) in [6.45, 7) is 16.3. The van der Waals surface area contributed by atoms with Crippen LogP contribution < -0.4 is 5.32 Å². The van der Waals surface area contributed by atoms with Gasteiger partial charge in [0.05, 0.1) is 25.9 Å². The van der Waals surface area contributed by atoms with Crippen molar-refractivity contribution < 1.29 is 9.47 Å². The van der Waals surface area contributed by atoms with Gasteiger partial charge in [-0.25, -0.2) is 0 Å². The number of rotatable bonds is 4. The van der Waals surface area contributed by atoms with Crippen molar-refractivity contribution in [3.8, 4) is 0 Å². The summed E-state index contributed by atoms with van der Waals surface area (Å²) in [4.78, 5) is 0. The third kappa shape index (κ3) is 3.15. The molecular weight excluding hydrogens is 262 g/mol. The molecule has 2 rings (SSSR count). The van der Waals surface area contributed by atoms with E-state index in [1.54, 1.807) is 0 Å². The number of benzene rings is 1. The van der Waals surface area contributed by atoms with Gasteiger partial charge in [0.2, 0.25) is 0 Å². The van der Waals surface area contributed by atoms with Gasteiger partial charge in [0.15, 0.2) is 0 Å². The van der Waals surface area contributed by atoms with Gasteiger partial charge in [-0.3, -0.25) is 0 Å². The van der Waals surface area contributed by atoms with E-state index in [0.29, 0.717) is 19.8 Å². The molecule has 3 heteroatoms. The Balaban J connectivity index is 2.49. The van der Waals surface area contributed by atoms with Crippen molar-refractivity contribution in [1.82, 2.24) is 5.32 Å². The molecule has 1 aliphatic rings. The smallest absolute Gasteiger partial charge is 0.100 e. The van der Waals surface area contributed by atoms with Crippen molar-refractivity contribution in [2.75, 3.05) is 26.4 Å². The molecule has 1 saturated heterocycles.